The molecule has 0 unspecified atom stereocenters. The van der Waals surface area contributed by atoms with Crippen LogP contribution in [0.2, 0.25) is 0 Å². The van der Waals surface area contributed by atoms with Crippen molar-refractivity contribution in [3.05, 3.63) is 75.8 Å². The van der Waals surface area contributed by atoms with E-state index in [0.717, 1.165) is 22.1 Å². The van der Waals surface area contributed by atoms with Crippen molar-refractivity contribution < 1.29 is 28.2 Å². The number of esters is 1. The van der Waals surface area contributed by atoms with E-state index in [2.05, 4.69) is 10.4 Å². The second kappa shape index (κ2) is 10.3. The first-order valence-corrected chi connectivity index (χ1v) is 11.3. The largest absolute Gasteiger partial charge is 0.493 e. The number of amides is 1. The standard InChI is InChI=1S/C24H20FN3O6S/c1-3-33-24(31)21-16-13-35-22(26-19(29)12-34-18-10-5-4-9-17(18)32-2)20(16)23(30)28(27-21)15-8-6-7-14(25)11-15/h4-11,13H,3,12H2,1-2H3,(H,26,29). The van der Waals surface area contributed by atoms with Crippen molar-refractivity contribution >= 4 is 39.0 Å². The summed E-state index contributed by atoms with van der Waals surface area (Å²) in [5, 5.41) is 8.77. The molecule has 0 atom stereocenters. The molecule has 0 bridgehead atoms. The average molecular weight is 498 g/mol. The van der Waals surface area contributed by atoms with Gasteiger partial charge in [-0.3, -0.25) is 9.59 Å². The van der Waals surface area contributed by atoms with Crippen molar-refractivity contribution in [3.63, 3.8) is 0 Å². The number of aromatic nitrogens is 2. The Bertz CT molecular complexity index is 1470. The van der Waals surface area contributed by atoms with E-state index in [-0.39, 0.29) is 40.4 Å². The van der Waals surface area contributed by atoms with Crippen LogP contribution in [0.25, 0.3) is 16.5 Å². The van der Waals surface area contributed by atoms with Gasteiger partial charge >= 0.3 is 5.97 Å². The minimum absolute atomic E-state index is 0.0444. The van der Waals surface area contributed by atoms with Gasteiger partial charge in [-0.05, 0) is 37.3 Å². The first-order chi connectivity index (χ1) is 16.9. The van der Waals surface area contributed by atoms with E-state index in [1.54, 1.807) is 31.2 Å². The van der Waals surface area contributed by atoms with Crippen molar-refractivity contribution in [2.24, 2.45) is 0 Å². The highest BCUT2D eigenvalue weighted by atomic mass is 32.1. The second-order valence-corrected chi connectivity index (χ2v) is 7.99. The van der Waals surface area contributed by atoms with Crippen molar-refractivity contribution in [2.75, 3.05) is 25.6 Å². The molecule has 0 saturated heterocycles. The summed E-state index contributed by atoms with van der Waals surface area (Å²) in [5.41, 5.74) is -0.654. The van der Waals surface area contributed by atoms with Crippen molar-refractivity contribution in [2.45, 2.75) is 6.92 Å². The van der Waals surface area contributed by atoms with Gasteiger partial charge in [0.25, 0.3) is 11.5 Å². The number of hydrogen-bond acceptors (Lipinski definition) is 8. The molecule has 4 aromatic rings. The molecule has 1 N–H and O–H groups in total. The van der Waals surface area contributed by atoms with E-state index in [1.165, 1.54) is 30.7 Å². The first-order valence-electron chi connectivity index (χ1n) is 10.5. The Morgan fingerprint density at radius 2 is 1.91 bits per heavy atom. The highest BCUT2D eigenvalue weighted by molar-refractivity contribution is 7.16. The summed E-state index contributed by atoms with van der Waals surface area (Å²) >= 11 is 1.04. The average Bonchev–Trinajstić information content (AvgIpc) is 3.27. The number of para-hydroxylation sites is 2. The van der Waals surface area contributed by atoms with Crippen LogP contribution in [0.3, 0.4) is 0 Å². The number of methoxy groups -OCH3 is 1. The SMILES string of the molecule is CCOC(=O)c1nn(-c2cccc(F)c2)c(=O)c2c(NC(=O)COc3ccccc3OC)scc12. The van der Waals surface area contributed by atoms with Crippen molar-refractivity contribution in [1.29, 1.82) is 0 Å². The zero-order valence-corrected chi connectivity index (χ0v) is 19.6. The normalized spacial score (nSPS) is 10.7. The van der Waals surface area contributed by atoms with Crippen molar-refractivity contribution in [1.82, 2.24) is 9.78 Å². The Kier molecular flexibility index (Phi) is 7.06. The van der Waals surface area contributed by atoms with Gasteiger partial charge in [0.15, 0.2) is 23.8 Å². The molecule has 0 aliphatic rings. The fourth-order valence-corrected chi connectivity index (χ4v) is 4.27. The van der Waals surface area contributed by atoms with E-state index < -0.39 is 23.3 Å². The van der Waals surface area contributed by atoms with Crippen molar-refractivity contribution in [3.8, 4) is 17.2 Å². The number of halogens is 1. The number of carbonyl (C=O) groups is 2. The third-order valence-corrected chi connectivity index (χ3v) is 5.75. The molecule has 1 amide bonds. The highest BCUT2D eigenvalue weighted by Gasteiger charge is 2.23. The fraction of sp³-hybridized carbons (Fsp3) is 0.167. The minimum Gasteiger partial charge on any atom is -0.493 e. The van der Waals surface area contributed by atoms with Gasteiger partial charge in [-0.25, -0.2) is 9.18 Å². The van der Waals surface area contributed by atoms with Crippen LogP contribution in [-0.4, -0.2) is 42.0 Å². The number of fused-ring (bicyclic) bond motifs is 1. The summed E-state index contributed by atoms with van der Waals surface area (Å²) < 4.78 is 30.6. The van der Waals surface area contributed by atoms with E-state index in [9.17, 15) is 18.8 Å². The zero-order valence-electron chi connectivity index (χ0n) is 18.7. The Labute approximate surface area is 202 Å². The predicted molar refractivity (Wildman–Crippen MR) is 128 cm³/mol. The van der Waals surface area contributed by atoms with Gasteiger partial charge < -0.3 is 19.5 Å². The first kappa shape index (κ1) is 23.9. The van der Waals surface area contributed by atoms with Crippen LogP contribution in [0.15, 0.2) is 58.7 Å². The maximum absolute atomic E-state index is 13.8. The highest BCUT2D eigenvalue weighted by Crippen LogP contribution is 2.31. The molecule has 0 aliphatic heterocycles. The number of rotatable bonds is 8. The van der Waals surface area contributed by atoms with Gasteiger partial charge in [0.05, 0.1) is 24.8 Å². The maximum atomic E-state index is 13.8. The van der Waals surface area contributed by atoms with Crippen LogP contribution < -0.4 is 20.3 Å². The van der Waals surface area contributed by atoms with Gasteiger partial charge in [-0.2, -0.15) is 9.78 Å². The molecule has 2 aromatic heterocycles. The maximum Gasteiger partial charge on any atom is 0.359 e. The Balaban J connectivity index is 1.71. The summed E-state index contributed by atoms with van der Waals surface area (Å²) in [6, 6.07) is 12.1. The summed E-state index contributed by atoms with van der Waals surface area (Å²) in [4.78, 5) is 38.5. The quantitative estimate of drug-likeness (QED) is 0.369. The molecule has 4 rings (SSSR count). The lowest BCUT2D eigenvalue weighted by Crippen LogP contribution is -2.26. The van der Waals surface area contributed by atoms with Crippen LogP contribution in [0, 0.1) is 5.82 Å². The number of thiophene rings is 1. The molecule has 9 nitrogen and oxygen atoms in total. The Morgan fingerprint density at radius 1 is 1.14 bits per heavy atom. The monoisotopic (exact) mass is 497 g/mol. The number of hydrogen-bond donors (Lipinski definition) is 1. The molecule has 0 saturated carbocycles. The van der Waals surface area contributed by atoms with E-state index in [4.69, 9.17) is 14.2 Å². The Morgan fingerprint density at radius 3 is 2.63 bits per heavy atom. The molecule has 0 spiro atoms. The zero-order chi connectivity index (χ0) is 24.9. The topological polar surface area (TPSA) is 109 Å². The van der Waals surface area contributed by atoms with Crippen LogP contribution in [0.5, 0.6) is 11.5 Å². The third-order valence-electron chi connectivity index (χ3n) is 4.85. The summed E-state index contributed by atoms with van der Waals surface area (Å²) in [6.45, 7) is 1.38. The van der Waals surface area contributed by atoms with Crippen LogP contribution in [0.1, 0.15) is 17.4 Å². The van der Waals surface area contributed by atoms with E-state index >= 15 is 0 Å². The van der Waals surface area contributed by atoms with Gasteiger partial charge in [-0.15, -0.1) is 11.3 Å². The second-order valence-electron chi connectivity index (χ2n) is 7.11. The molecule has 35 heavy (non-hydrogen) atoms. The molecule has 11 heteroatoms. The molecule has 180 valence electrons. The van der Waals surface area contributed by atoms with Crippen LogP contribution in [-0.2, 0) is 9.53 Å². The number of nitrogens with one attached hydrogen (secondary N) is 1. The summed E-state index contributed by atoms with van der Waals surface area (Å²) in [6.07, 6.45) is 0. The molecule has 2 aromatic carbocycles. The van der Waals surface area contributed by atoms with Gasteiger partial charge in [0, 0.05) is 10.8 Å². The molecule has 0 aliphatic carbocycles. The van der Waals surface area contributed by atoms with E-state index in [1.807, 2.05) is 0 Å². The molecular weight excluding hydrogens is 477 g/mol. The third kappa shape index (κ3) is 4.99. The number of carbonyl (C=O) groups excluding carboxylic acids is 2. The fourth-order valence-electron chi connectivity index (χ4n) is 3.32. The van der Waals surface area contributed by atoms with Gasteiger partial charge in [-0.1, -0.05) is 18.2 Å². The predicted octanol–water partition coefficient (Wildman–Crippen LogP) is 3.79. The van der Waals surface area contributed by atoms with Gasteiger partial charge in [0.2, 0.25) is 0 Å². The number of ether oxygens (including phenoxy) is 3. The number of anilines is 1. The summed E-state index contributed by atoms with van der Waals surface area (Å²) in [5.74, 6) is -1.03. The lowest BCUT2D eigenvalue weighted by Gasteiger charge is -2.11. The molecular formula is C24H20FN3O6S. The van der Waals surface area contributed by atoms with Gasteiger partial charge in [0.1, 0.15) is 10.8 Å². The van der Waals surface area contributed by atoms with E-state index in [0.29, 0.717) is 11.5 Å². The summed E-state index contributed by atoms with van der Waals surface area (Å²) in [7, 11) is 1.48. The lowest BCUT2D eigenvalue weighted by molar-refractivity contribution is -0.118. The molecule has 0 fully saturated rings. The number of nitrogens with zero attached hydrogens (tertiary/aromatic N) is 2. The van der Waals surface area contributed by atoms with Crippen LogP contribution >= 0.6 is 11.3 Å². The van der Waals surface area contributed by atoms with Crippen LogP contribution in [0.4, 0.5) is 9.39 Å². The minimum atomic E-state index is -0.752. The lowest BCUT2D eigenvalue weighted by atomic mass is 10.2. The molecule has 0 radical (unpaired) electrons. The smallest absolute Gasteiger partial charge is 0.359 e. The molecule has 2 heterocycles. The Hall–Kier alpha value is -4.25. The number of benzene rings is 2.